The van der Waals surface area contributed by atoms with E-state index in [1.54, 1.807) is 6.92 Å². The molecule has 0 amide bonds. The van der Waals surface area contributed by atoms with Gasteiger partial charge < -0.3 is 9.47 Å². The zero-order valence-electron chi connectivity index (χ0n) is 16.5. The third-order valence-corrected chi connectivity index (χ3v) is 8.17. The monoisotopic (exact) mass is 447 g/mol. The quantitative estimate of drug-likeness (QED) is 0.620. The van der Waals surface area contributed by atoms with Crippen LogP contribution in [0.3, 0.4) is 0 Å². The summed E-state index contributed by atoms with van der Waals surface area (Å²) in [7, 11) is -3.88. The van der Waals surface area contributed by atoms with Gasteiger partial charge in [-0.2, -0.15) is 4.31 Å². The molecule has 6 nitrogen and oxygen atoms in total. The fraction of sp³-hybridized carbons (Fsp3) is 0.650. The Hall–Kier alpha value is -1.22. The highest BCUT2D eigenvalue weighted by atomic mass is 35.5. The van der Waals surface area contributed by atoms with Gasteiger partial charge in [0.1, 0.15) is 10.7 Å². The van der Waals surface area contributed by atoms with E-state index in [1.165, 1.54) is 10.4 Å². The average Bonchev–Trinajstić information content (AvgIpc) is 2.69. The molecule has 2 heterocycles. The minimum absolute atomic E-state index is 0.0112. The number of esters is 1. The molecule has 29 heavy (non-hydrogen) atoms. The van der Waals surface area contributed by atoms with Gasteiger partial charge in [0.2, 0.25) is 10.0 Å². The van der Waals surface area contributed by atoms with E-state index < -0.39 is 21.3 Å². The van der Waals surface area contributed by atoms with Crippen LogP contribution in [0.2, 0.25) is 5.02 Å². The second-order valence-electron chi connectivity index (χ2n) is 7.67. The Morgan fingerprint density at radius 3 is 2.66 bits per heavy atom. The number of nitrogens with zero attached hydrogens (tertiary/aromatic N) is 1. The van der Waals surface area contributed by atoms with Crippen LogP contribution in [0.5, 0.6) is 0 Å². The van der Waals surface area contributed by atoms with E-state index in [1.807, 2.05) is 0 Å². The first kappa shape index (κ1) is 22.5. The fourth-order valence-electron chi connectivity index (χ4n) is 4.16. The van der Waals surface area contributed by atoms with E-state index in [9.17, 15) is 17.6 Å². The Morgan fingerprint density at radius 1 is 1.34 bits per heavy atom. The van der Waals surface area contributed by atoms with Crippen LogP contribution in [0.25, 0.3) is 0 Å². The molecule has 0 aliphatic carbocycles. The van der Waals surface area contributed by atoms with Crippen molar-refractivity contribution in [1.82, 2.24) is 4.31 Å². The molecule has 1 aromatic rings. The Labute approximate surface area is 176 Å². The second kappa shape index (κ2) is 9.29. The van der Waals surface area contributed by atoms with E-state index >= 15 is 0 Å². The van der Waals surface area contributed by atoms with Crippen molar-refractivity contribution in [1.29, 1.82) is 0 Å². The highest BCUT2D eigenvalue weighted by molar-refractivity contribution is 7.89. The van der Waals surface area contributed by atoms with E-state index in [4.69, 9.17) is 21.1 Å². The summed E-state index contributed by atoms with van der Waals surface area (Å²) in [5.74, 6) is -0.882. The van der Waals surface area contributed by atoms with Crippen molar-refractivity contribution in [3.05, 3.63) is 29.0 Å². The Bertz CT molecular complexity index is 833. The Morgan fingerprint density at radius 2 is 2.07 bits per heavy atom. The van der Waals surface area contributed by atoms with Crippen LogP contribution in [0.1, 0.15) is 45.4 Å². The molecule has 9 heteroatoms. The second-order valence-corrected chi connectivity index (χ2v) is 9.99. The lowest BCUT2D eigenvalue weighted by molar-refractivity contribution is -0.162. The first-order chi connectivity index (χ1) is 13.8. The summed E-state index contributed by atoms with van der Waals surface area (Å²) in [6, 6.07) is 3.24. The van der Waals surface area contributed by atoms with Gasteiger partial charge in [0.25, 0.3) is 0 Å². The number of halogens is 2. The molecule has 0 radical (unpaired) electrons. The number of carbonyl (C=O) groups excluding carboxylic acids is 1. The summed E-state index contributed by atoms with van der Waals surface area (Å²) in [4.78, 5) is 12.7. The van der Waals surface area contributed by atoms with Gasteiger partial charge in [-0.3, -0.25) is 4.79 Å². The number of benzene rings is 1. The number of piperidine rings is 1. The van der Waals surface area contributed by atoms with Gasteiger partial charge in [-0.1, -0.05) is 11.6 Å². The molecule has 3 rings (SSSR count). The van der Waals surface area contributed by atoms with Gasteiger partial charge in [0, 0.05) is 19.7 Å². The molecule has 0 spiro atoms. The summed E-state index contributed by atoms with van der Waals surface area (Å²) >= 11 is 5.97. The average molecular weight is 448 g/mol. The molecule has 2 aliphatic rings. The Balaban J connectivity index is 1.77. The molecule has 1 atom stereocenters. The van der Waals surface area contributed by atoms with Crippen molar-refractivity contribution in [2.75, 3.05) is 26.3 Å². The van der Waals surface area contributed by atoms with E-state index in [0.717, 1.165) is 31.4 Å². The molecular weight excluding hydrogens is 421 g/mol. The van der Waals surface area contributed by atoms with Crippen molar-refractivity contribution in [3.8, 4) is 0 Å². The maximum absolute atomic E-state index is 13.3. The maximum Gasteiger partial charge on any atom is 0.312 e. The zero-order valence-corrected chi connectivity index (χ0v) is 18.1. The highest BCUT2D eigenvalue weighted by Crippen LogP contribution is 2.41. The highest BCUT2D eigenvalue weighted by Gasteiger charge is 2.46. The predicted octanol–water partition coefficient (Wildman–Crippen LogP) is 3.77. The maximum atomic E-state index is 13.3. The van der Waals surface area contributed by atoms with Gasteiger partial charge >= 0.3 is 5.97 Å². The zero-order chi connectivity index (χ0) is 21.1. The number of ether oxygens (including phenoxy) is 2. The van der Waals surface area contributed by atoms with Gasteiger partial charge in [0.05, 0.1) is 23.1 Å². The third-order valence-electron chi connectivity index (χ3n) is 5.79. The van der Waals surface area contributed by atoms with Crippen LogP contribution in [-0.4, -0.2) is 51.1 Å². The van der Waals surface area contributed by atoms with Crippen molar-refractivity contribution in [3.63, 3.8) is 0 Å². The van der Waals surface area contributed by atoms with Crippen molar-refractivity contribution in [2.45, 2.75) is 56.4 Å². The minimum Gasteiger partial charge on any atom is -0.466 e. The molecule has 2 saturated heterocycles. The van der Waals surface area contributed by atoms with E-state index in [-0.39, 0.29) is 41.7 Å². The smallest absolute Gasteiger partial charge is 0.312 e. The van der Waals surface area contributed by atoms with Crippen LogP contribution in [0, 0.1) is 11.2 Å². The molecule has 0 bridgehead atoms. The van der Waals surface area contributed by atoms with Gasteiger partial charge in [0.15, 0.2) is 0 Å². The number of hydrogen-bond donors (Lipinski definition) is 0. The molecular formula is C20H27ClFNO5S. The fourth-order valence-corrected chi connectivity index (χ4v) is 6.10. The number of rotatable bonds is 6. The molecule has 2 aliphatic heterocycles. The lowest BCUT2D eigenvalue weighted by Gasteiger charge is -2.41. The number of sulfonamides is 1. The third kappa shape index (κ3) is 4.93. The van der Waals surface area contributed by atoms with Crippen LogP contribution >= 0.6 is 11.6 Å². The number of hydrogen-bond acceptors (Lipinski definition) is 5. The molecule has 2 fully saturated rings. The minimum atomic E-state index is -3.88. The summed E-state index contributed by atoms with van der Waals surface area (Å²) in [5, 5.41) is -0.150. The number of carbonyl (C=O) groups is 1. The van der Waals surface area contributed by atoms with Crippen LogP contribution in [0.4, 0.5) is 4.39 Å². The lowest BCUT2D eigenvalue weighted by atomic mass is 9.73. The van der Waals surface area contributed by atoms with Crippen LogP contribution < -0.4 is 0 Å². The van der Waals surface area contributed by atoms with Crippen LogP contribution in [-0.2, 0) is 24.3 Å². The normalized spacial score (nSPS) is 22.9. The van der Waals surface area contributed by atoms with E-state index in [0.29, 0.717) is 25.9 Å². The van der Waals surface area contributed by atoms with Gasteiger partial charge in [-0.05, 0) is 63.6 Å². The van der Waals surface area contributed by atoms with Crippen molar-refractivity contribution in [2.24, 2.45) is 5.41 Å². The van der Waals surface area contributed by atoms with Gasteiger partial charge in [-0.15, -0.1) is 0 Å². The molecule has 1 unspecified atom stereocenters. The predicted molar refractivity (Wildman–Crippen MR) is 107 cm³/mol. The van der Waals surface area contributed by atoms with E-state index in [2.05, 4.69) is 0 Å². The standard InChI is InChI=1S/C20H27ClFNO5S/c1-2-27-19(24)20(14-16-5-3-4-12-28-16)8-10-23(11-9-20)29(25,26)18-7-6-15(22)13-17(18)21/h6-7,13,16H,2-5,8-12,14H2,1H3. The molecule has 0 saturated carbocycles. The SMILES string of the molecule is CCOC(=O)C1(CC2CCCCO2)CCN(S(=O)(=O)c2ccc(F)cc2Cl)CC1. The topological polar surface area (TPSA) is 72.9 Å². The van der Waals surface area contributed by atoms with Crippen LogP contribution in [0.15, 0.2) is 23.1 Å². The summed E-state index contributed by atoms with van der Waals surface area (Å²) in [6.45, 7) is 3.06. The first-order valence-electron chi connectivity index (χ1n) is 10.0. The van der Waals surface area contributed by atoms with Gasteiger partial charge in [-0.25, -0.2) is 12.8 Å². The van der Waals surface area contributed by atoms with Crippen molar-refractivity contribution < 1.29 is 27.1 Å². The summed E-state index contributed by atoms with van der Waals surface area (Å²) in [5.41, 5.74) is -0.753. The molecule has 1 aromatic carbocycles. The van der Waals surface area contributed by atoms with Crippen molar-refractivity contribution >= 4 is 27.6 Å². The molecule has 0 aromatic heterocycles. The largest absolute Gasteiger partial charge is 0.466 e. The first-order valence-corrected chi connectivity index (χ1v) is 11.8. The Kier molecular flexibility index (Phi) is 7.19. The summed E-state index contributed by atoms with van der Waals surface area (Å²) in [6.07, 6.45) is 4.21. The molecule has 0 N–H and O–H groups in total. The molecule has 162 valence electrons. The lowest BCUT2D eigenvalue weighted by Crippen LogP contribution is -2.48. The summed E-state index contributed by atoms with van der Waals surface area (Å²) < 4.78 is 51.8.